The summed E-state index contributed by atoms with van der Waals surface area (Å²) in [7, 11) is 0. The molecule has 1 fully saturated rings. The van der Waals surface area contributed by atoms with Crippen molar-refractivity contribution in [3.05, 3.63) is 82.4 Å². The minimum atomic E-state index is -0.503. The van der Waals surface area contributed by atoms with E-state index in [-0.39, 0.29) is 18.7 Å². The number of ether oxygens (including phenoxy) is 3. The van der Waals surface area contributed by atoms with Crippen LogP contribution in [-0.2, 0) is 27.5 Å². The van der Waals surface area contributed by atoms with Gasteiger partial charge in [-0.3, -0.25) is 0 Å². The Morgan fingerprint density at radius 2 is 1.83 bits per heavy atom. The van der Waals surface area contributed by atoms with E-state index in [1.165, 1.54) is 5.56 Å². The largest absolute Gasteiger partial charge is 0.488 e. The minimum Gasteiger partial charge on any atom is -0.488 e. The van der Waals surface area contributed by atoms with Crippen molar-refractivity contribution in [3.8, 4) is 27.5 Å². The van der Waals surface area contributed by atoms with Gasteiger partial charge >= 0.3 is 5.97 Å². The normalized spacial score (nSPS) is 16.8. The van der Waals surface area contributed by atoms with Crippen LogP contribution in [0.2, 0.25) is 0 Å². The van der Waals surface area contributed by atoms with E-state index in [0.717, 1.165) is 32.2 Å². The molecule has 0 saturated carbocycles. The quantitative estimate of drug-likeness (QED) is 0.246. The third-order valence-electron chi connectivity index (χ3n) is 5.78. The van der Waals surface area contributed by atoms with E-state index >= 15 is 0 Å². The van der Waals surface area contributed by atoms with Crippen molar-refractivity contribution in [1.29, 1.82) is 0 Å². The van der Waals surface area contributed by atoms with Crippen LogP contribution in [0, 0.1) is 6.92 Å². The zero-order valence-corrected chi connectivity index (χ0v) is 20.2. The molecule has 180 valence electrons. The summed E-state index contributed by atoms with van der Waals surface area (Å²) in [5.74, 6) is 1.08. The van der Waals surface area contributed by atoms with Crippen molar-refractivity contribution < 1.29 is 28.6 Å². The van der Waals surface area contributed by atoms with Crippen LogP contribution in [0.15, 0.2) is 65.2 Å². The van der Waals surface area contributed by atoms with Crippen LogP contribution in [0.3, 0.4) is 0 Å². The first-order chi connectivity index (χ1) is 17.1. The van der Waals surface area contributed by atoms with Gasteiger partial charge in [0.1, 0.15) is 24.2 Å². The molecule has 1 saturated heterocycles. The standard InChI is InChI=1S/C27H25NO6S/c1-3-31-27(30)26-25(33-26)19-8-10-21(11-9-19)32-15-24-16(2)12-23(35-24)18-6-4-17(5-7-18)22-13-20(14-29)28-34-22/h4-13,25-26,29H,3,14-15H2,1-2H3/t25?,26-/m0/s1. The van der Waals surface area contributed by atoms with E-state index in [0.29, 0.717) is 24.7 Å². The lowest BCUT2D eigenvalue weighted by atomic mass is 10.1. The van der Waals surface area contributed by atoms with Gasteiger partial charge in [-0.1, -0.05) is 41.6 Å². The fraction of sp³-hybridized carbons (Fsp3) is 0.259. The summed E-state index contributed by atoms with van der Waals surface area (Å²) in [5, 5.41) is 13.0. The monoisotopic (exact) mass is 491 g/mol. The van der Waals surface area contributed by atoms with Crippen molar-refractivity contribution in [2.75, 3.05) is 6.61 Å². The molecule has 8 heteroatoms. The Kier molecular flexibility index (Phi) is 6.68. The van der Waals surface area contributed by atoms with Gasteiger partial charge in [0, 0.05) is 21.4 Å². The molecular weight excluding hydrogens is 466 g/mol. The molecular formula is C27H25NO6S. The molecule has 1 aliphatic heterocycles. The molecule has 4 aromatic rings. The summed E-state index contributed by atoms with van der Waals surface area (Å²) in [6.07, 6.45) is -0.742. The van der Waals surface area contributed by atoms with Gasteiger partial charge < -0.3 is 23.8 Å². The molecule has 5 rings (SSSR count). The molecule has 1 N–H and O–H groups in total. The SMILES string of the molecule is CCOC(=O)[C@H]1OC1c1ccc(OCc2sc(-c3ccc(-c4cc(CO)no4)cc3)cc2C)cc1. The fourth-order valence-electron chi connectivity index (χ4n) is 3.80. The Morgan fingerprint density at radius 3 is 2.51 bits per heavy atom. The summed E-state index contributed by atoms with van der Waals surface area (Å²) in [6.45, 7) is 4.55. The van der Waals surface area contributed by atoms with E-state index in [1.54, 1.807) is 24.3 Å². The summed E-state index contributed by atoms with van der Waals surface area (Å²) in [6, 6.07) is 19.6. The second-order valence-corrected chi connectivity index (χ2v) is 9.36. The molecule has 2 aromatic heterocycles. The average molecular weight is 492 g/mol. The molecule has 2 aromatic carbocycles. The van der Waals surface area contributed by atoms with Crippen molar-refractivity contribution >= 4 is 17.3 Å². The van der Waals surface area contributed by atoms with Gasteiger partial charge in [-0.2, -0.15) is 0 Å². The number of epoxide rings is 1. The molecule has 0 radical (unpaired) electrons. The van der Waals surface area contributed by atoms with Crippen LogP contribution in [0.5, 0.6) is 5.75 Å². The summed E-state index contributed by atoms with van der Waals surface area (Å²) < 4.78 is 21.8. The number of rotatable bonds is 9. The third kappa shape index (κ3) is 5.14. The fourth-order valence-corrected chi connectivity index (χ4v) is 4.89. The van der Waals surface area contributed by atoms with E-state index in [1.807, 2.05) is 36.4 Å². The van der Waals surface area contributed by atoms with Crippen molar-refractivity contribution in [3.63, 3.8) is 0 Å². The van der Waals surface area contributed by atoms with Crippen LogP contribution < -0.4 is 4.74 Å². The highest BCUT2D eigenvalue weighted by atomic mass is 32.1. The van der Waals surface area contributed by atoms with E-state index < -0.39 is 6.10 Å². The van der Waals surface area contributed by atoms with Gasteiger partial charge in [-0.05, 0) is 48.7 Å². The molecule has 0 spiro atoms. The molecule has 0 aliphatic carbocycles. The Morgan fingerprint density at radius 1 is 1.09 bits per heavy atom. The van der Waals surface area contributed by atoms with Gasteiger partial charge in [0.25, 0.3) is 0 Å². The molecule has 2 atom stereocenters. The molecule has 7 nitrogen and oxygen atoms in total. The number of esters is 1. The predicted molar refractivity (Wildman–Crippen MR) is 131 cm³/mol. The number of benzene rings is 2. The second-order valence-electron chi connectivity index (χ2n) is 8.22. The Bertz CT molecular complexity index is 1310. The van der Waals surface area contributed by atoms with Gasteiger partial charge in [0.2, 0.25) is 0 Å². The lowest BCUT2D eigenvalue weighted by Crippen LogP contribution is -2.11. The summed E-state index contributed by atoms with van der Waals surface area (Å²) in [4.78, 5) is 14.1. The summed E-state index contributed by atoms with van der Waals surface area (Å²) in [5.41, 5.74) is 4.65. The Labute approximate surface area is 206 Å². The molecule has 1 unspecified atom stereocenters. The Hall–Kier alpha value is -3.46. The first-order valence-electron chi connectivity index (χ1n) is 11.4. The maximum absolute atomic E-state index is 11.8. The minimum absolute atomic E-state index is 0.143. The number of aryl methyl sites for hydroxylation is 1. The highest BCUT2D eigenvalue weighted by molar-refractivity contribution is 7.15. The first kappa shape index (κ1) is 23.3. The van der Waals surface area contributed by atoms with E-state index in [2.05, 4.69) is 30.3 Å². The molecule has 0 bridgehead atoms. The summed E-state index contributed by atoms with van der Waals surface area (Å²) >= 11 is 1.70. The lowest BCUT2D eigenvalue weighted by molar-refractivity contribution is -0.144. The number of carbonyl (C=O) groups excluding carboxylic acids is 1. The van der Waals surface area contributed by atoms with Crippen molar-refractivity contribution in [2.45, 2.75) is 39.3 Å². The number of nitrogens with zero attached hydrogens (tertiary/aromatic N) is 1. The number of hydrogen-bond acceptors (Lipinski definition) is 8. The van der Waals surface area contributed by atoms with E-state index in [9.17, 15) is 4.79 Å². The number of aliphatic hydroxyl groups is 1. The van der Waals surface area contributed by atoms with Crippen molar-refractivity contribution in [2.24, 2.45) is 0 Å². The molecule has 0 amide bonds. The zero-order chi connectivity index (χ0) is 24.4. The molecule has 35 heavy (non-hydrogen) atoms. The van der Waals surface area contributed by atoms with Gasteiger partial charge in [-0.15, -0.1) is 11.3 Å². The number of aliphatic hydroxyl groups excluding tert-OH is 1. The van der Waals surface area contributed by atoms with Crippen LogP contribution in [0.4, 0.5) is 0 Å². The predicted octanol–water partition coefficient (Wildman–Crippen LogP) is 5.45. The van der Waals surface area contributed by atoms with Crippen molar-refractivity contribution in [1.82, 2.24) is 5.16 Å². The number of thiophene rings is 1. The lowest BCUT2D eigenvalue weighted by Gasteiger charge is -2.06. The zero-order valence-electron chi connectivity index (χ0n) is 19.4. The third-order valence-corrected chi connectivity index (χ3v) is 7.04. The highest BCUT2D eigenvalue weighted by Gasteiger charge is 2.47. The second kappa shape index (κ2) is 10.0. The van der Waals surface area contributed by atoms with Crippen LogP contribution in [0.1, 0.15) is 34.7 Å². The van der Waals surface area contributed by atoms with Gasteiger partial charge in [0.05, 0.1) is 13.2 Å². The van der Waals surface area contributed by atoms with Crippen LogP contribution in [0.25, 0.3) is 21.8 Å². The molecule has 1 aliphatic rings. The number of aromatic nitrogens is 1. The van der Waals surface area contributed by atoms with Crippen LogP contribution in [-0.4, -0.2) is 28.9 Å². The van der Waals surface area contributed by atoms with Gasteiger partial charge in [0.15, 0.2) is 11.9 Å². The van der Waals surface area contributed by atoms with Gasteiger partial charge in [-0.25, -0.2) is 4.79 Å². The molecule has 3 heterocycles. The smallest absolute Gasteiger partial charge is 0.338 e. The first-order valence-corrected chi connectivity index (χ1v) is 12.2. The highest BCUT2D eigenvalue weighted by Crippen LogP contribution is 2.40. The Balaban J connectivity index is 1.20. The maximum Gasteiger partial charge on any atom is 0.338 e. The van der Waals surface area contributed by atoms with E-state index in [4.69, 9.17) is 23.8 Å². The number of hydrogen-bond donors (Lipinski definition) is 1. The topological polar surface area (TPSA) is 94.3 Å². The number of carbonyl (C=O) groups is 1. The van der Waals surface area contributed by atoms with Crippen LogP contribution >= 0.6 is 11.3 Å². The maximum atomic E-state index is 11.8. The average Bonchev–Trinajstić information content (AvgIpc) is 3.38.